The molecule has 1 heterocycles. The van der Waals surface area contributed by atoms with E-state index < -0.39 is 0 Å². The van der Waals surface area contributed by atoms with Gasteiger partial charge < -0.3 is 9.47 Å². The van der Waals surface area contributed by atoms with Gasteiger partial charge in [0, 0.05) is 6.61 Å². The molecule has 1 atom stereocenters. The van der Waals surface area contributed by atoms with Crippen LogP contribution in [0.4, 0.5) is 0 Å². The van der Waals surface area contributed by atoms with E-state index in [1.54, 1.807) is 0 Å². The quantitative estimate of drug-likeness (QED) is 0.476. The molecule has 12 heavy (non-hydrogen) atoms. The molecule has 1 aliphatic heterocycles. The average molecular weight is 170 g/mol. The second-order valence-electron chi connectivity index (χ2n) is 3.02. The van der Waals surface area contributed by atoms with Gasteiger partial charge in [-0.3, -0.25) is 0 Å². The third-order valence-electron chi connectivity index (χ3n) is 1.96. The Balaban J connectivity index is 1.97. The molecule has 0 aromatic rings. The molecular formula is C10H18O2. The summed E-state index contributed by atoms with van der Waals surface area (Å²) < 4.78 is 10.9. The van der Waals surface area contributed by atoms with E-state index in [0.717, 1.165) is 26.1 Å². The van der Waals surface area contributed by atoms with Gasteiger partial charge in [-0.15, -0.1) is 0 Å². The molecule has 0 bridgehead atoms. The molecule has 0 amide bonds. The average Bonchev–Trinajstić information content (AvgIpc) is 2.14. The predicted molar refractivity (Wildman–Crippen MR) is 49.0 cm³/mol. The van der Waals surface area contributed by atoms with Gasteiger partial charge in [-0.25, -0.2) is 0 Å². The van der Waals surface area contributed by atoms with Crippen molar-refractivity contribution in [2.45, 2.75) is 38.9 Å². The molecular weight excluding hydrogens is 152 g/mol. The van der Waals surface area contributed by atoms with Crippen LogP contribution in [0.5, 0.6) is 0 Å². The zero-order valence-corrected chi connectivity index (χ0v) is 7.79. The summed E-state index contributed by atoms with van der Waals surface area (Å²) in [5.41, 5.74) is 0. The number of hydrogen-bond donors (Lipinski definition) is 0. The Morgan fingerprint density at radius 2 is 2.42 bits per heavy atom. The highest BCUT2D eigenvalue weighted by Gasteiger charge is 2.12. The van der Waals surface area contributed by atoms with Crippen molar-refractivity contribution < 1.29 is 9.47 Å². The van der Waals surface area contributed by atoms with E-state index in [0.29, 0.717) is 0 Å². The van der Waals surface area contributed by atoms with Gasteiger partial charge in [-0.05, 0) is 32.6 Å². The van der Waals surface area contributed by atoms with Crippen molar-refractivity contribution in [2.75, 3.05) is 13.2 Å². The standard InChI is InChI=1S/C10H18O2/c1-2-3-5-8-11-10-7-4-6-9-12-10/h2-3,10H,4-9H2,1H3. The van der Waals surface area contributed by atoms with Crippen LogP contribution in [0.25, 0.3) is 0 Å². The molecule has 1 aliphatic rings. The summed E-state index contributed by atoms with van der Waals surface area (Å²) in [6.45, 7) is 3.68. The van der Waals surface area contributed by atoms with Crippen molar-refractivity contribution in [1.82, 2.24) is 0 Å². The van der Waals surface area contributed by atoms with Crippen LogP contribution < -0.4 is 0 Å². The summed E-state index contributed by atoms with van der Waals surface area (Å²) >= 11 is 0. The van der Waals surface area contributed by atoms with Gasteiger partial charge in [0.2, 0.25) is 0 Å². The minimum absolute atomic E-state index is 0.0732. The summed E-state index contributed by atoms with van der Waals surface area (Å²) in [7, 11) is 0. The molecule has 0 radical (unpaired) electrons. The summed E-state index contributed by atoms with van der Waals surface area (Å²) in [5, 5.41) is 0. The molecule has 1 unspecified atom stereocenters. The zero-order chi connectivity index (χ0) is 8.65. The lowest BCUT2D eigenvalue weighted by atomic mass is 10.2. The molecule has 0 aromatic heterocycles. The second-order valence-corrected chi connectivity index (χ2v) is 3.02. The Hall–Kier alpha value is -0.340. The summed E-state index contributed by atoms with van der Waals surface area (Å²) in [5.74, 6) is 0. The van der Waals surface area contributed by atoms with Crippen molar-refractivity contribution in [1.29, 1.82) is 0 Å². The summed E-state index contributed by atoms with van der Waals surface area (Å²) in [4.78, 5) is 0. The van der Waals surface area contributed by atoms with Crippen LogP contribution in [-0.4, -0.2) is 19.5 Å². The molecule has 0 aromatic carbocycles. The Labute approximate surface area is 74.6 Å². The highest BCUT2D eigenvalue weighted by Crippen LogP contribution is 2.13. The molecule has 0 saturated carbocycles. The normalized spacial score (nSPS) is 24.9. The van der Waals surface area contributed by atoms with Gasteiger partial charge in [0.15, 0.2) is 6.29 Å². The van der Waals surface area contributed by atoms with Crippen LogP contribution in [0.15, 0.2) is 12.2 Å². The molecule has 70 valence electrons. The number of rotatable bonds is 4. The van der Waals surface area contributed by atoms with Gasteiger partial charge in [0.25, 0.3) is 0 Å². The van der Waals surface area contributed by atoms with Crippen molar-refractivity contribution in [3.8, 4) is 0 Å². The van der Waals surface area contributed by atoms with Gasteiger partial charge in [-0.2, -0.15) is 0 Å². The highest BCUT2D eigenvalue weighted by molar-refractivity contribution is 4.76. The predicted octanol–water partition coefficient (Wildman–Crippen LogP) is 2.50. The van der Waals surface area contributed by atoms with Gasteiger partial charge in [-0.1, -0.05) is 12.2 Å². The van der Waals surface area contributed by atoms with Crippen LogP contribution in [0.3, 0.4) is 0 Å². The number of ether oxygens (including phenoxy) is 2. The summed E-state index contributed by atoms with van der Waals surface area (Å²) in [6.07, 6.45) is 8.73. The van der Waals surface area contributed by atoms with E-state index in [1.165, 1.54) is 12.8 Å². The van der Waals surface area contributed by atoms with E-state index in [4.69, 9.17) is 9.47 Å². The second kappa shape index (κ2) is 6.21. The fraction of sp³-hybridized carbons (Fsp3) is 0.800. The van der Waals surface area contributed by atoms with E-state index in [2.05, 4.69) is 6.08 Å². The van der Waals surface area contributed by atoms with Crippen LogP contribution in [0, 0.1) is 0 Å². The van der Waals surface area contributed by atoms with Crippen LogP contribution in [0.2, 0.25) is 0 Å². The number of allylic oxidation sites excluding steroid dienone is 1. The Morgan fingerprint density at radius 3 is 3.08 bits per heavy atom. The summed E-state index contributed by atoms with van der Waals surface area (Å²) in [6, 6.07) is 0. The smallest absolute Gasteiger partial charge is 0.157 e. The fourth-order valence-electron chi connectivity index (χ4n) is 1.28. The first kappa shape index (κ1) is 9.75. The maximum Gasteiger partial charge on any atom is 0.157 e. The first-order chi connectivity index (χ1) is 5.93. The van der Waals surface area contributed by atoms with Crippen molar-refractivity contribution in [2.24, 2.45) is 0 Å². The van der Waals surface area contributed by atoms with Crippen molar-refractivity contribution in [3.05, 3.63) is 12.2 Å². The fourth-order valence-corrected chi connectivity index (χ4v) is 1.28. The lowest BCUT2D eigenvalue weighted by molar-refractivity contribution is -0.161. The Bertz CT molecular complexity index is 126. The Morgan fingerprint density at radius 1 is 1.50 bits per heavy atom. The minimum Gasteiger partial charge on any atom is -0.353 e. The first-order valence-corrected chi connectivity index (χ1v) is 4.78. The van der Waals surface area contributed by atoms with Crippen LogP contribution >= 0.6 is 0 Å². The molecule has 0 N–H and O–H groups in total. The zero-order valence-electron chi connectivity index (χ0n) is 7.79. The van der Waals surface area contributed by atoms with Crippen molar-refractivity contribution in [3.63, 3.8) is 0 Å². The lowest BCUT2D eigenvalue weighted by Crippen LogP contribution is -2.22. The van der Waals surface area contributed by atoms with Crippen LogP contribution in [-0.2, 0) is 9.47 Å². The molecule has 0 aliphatic carbocycles. The molecule has 1 fully saturated rings. The van der Waals surface area contributed by atoms with Gasteiger partial charge in [0.05, 0.1) is 6.61 Å². The number of hydrogen-bond acceptors (Lipinski definition) is 2. The van der Waals surface area contributed by atoms with E-state index in [1.807, 2.05) is 13.0 Å². The SMILES string of the molecule is CC=CCCOC1CCCCO1. The largest absolute Gasteiger partial charge is 0.353 e. The molecule has 1 saturated heterocycles. The minimum atomic E-state index is 0.0732. The van der Waals surface area contributed by atoms with E-state index in [9.17, 15) is 0 Å². The van der Waals surface area contributed by atoms with Gasteiger partial charge in [0.1, 0.15) is 0 Å². The molecule has 2 nitrogen and oxygen atoms in total. The molecule has 1 rings (SSSR count). The van der Waals surface area contributed by atoms with Crippen LogP contribution in [0.1, 0.15) is 32.6 Å². The van der Waals surface area contributed by atoms with Gasteiger partial charge >= 0.3 is 0 Å². The molecule has 2 heteroatoms. The maximum absolute atomic E-state index is 5.51. The van der Waals surface area contributed by atoms with Crippen molar-refractivity contribution >= 4 is 0 Å². The monoisotopic (exact) mass is 170 g/mol. The maximum atomic E-state index is 5.51. The third kappa shape index (κ3) is 3.88. The Kier molecular flexibility index (Phi) is 5.04. The highest BCUT2D eigenvalue weighted by atomic mass is 16.7. The molecule has 0 spiro atoms. The third-order valence-corrected chi connectivity index (χ3v) is 1.96. The first-order valence-electron chi connectivity index (χ1n) is 4.78. The van der Waals surface area contributed by atoms with E-state index in [-0.39, 0.29) is 6.29 Å². The topological polar surface area (TPSA) is 18.5 Å². The van der Waals surface area contributed by atoms with E-state index >= 15 is 0 Å². The lowest BCUT2D eigenvalue weighted by Gasteiger charge is -2.22.